The van der Waals surface area contributed by atoms with E-state index in [-0.39, 0.29) is 11.6 Å². The van der Waals surface area contributed by atoms with Crippen LogP contribution in [0.3, 0.4) is 0 Å². The lowest BCUT2D eigenvalue weighted by atomic mass is 10.1. The fourth-order valence-corrected chi connectivity index (χ4v) is 2.72. The first-order chi connectivity index (χ1) is 10.6. The molecule has 0 aromatic carbocycles. The average molecular weight is 390 g/mol. The lowest BCUT2D eigenvalue weighted by Crippen LogP contribution is -2.36. The minimum Gasteiger partial charge on any atom is -0.491 e. The van der Waals surface area contributed by atoms with Crippen LogP contribution in [0.2, 0.25) is 0 Å². The largest absolute Gasteiger partial charge is 0.491 e. The highest BCUT2D eigenvalue weighted by Gasteiger charge is 2.45. The van der Waals surface area contributed by atoms with Crippen LogP contribution < -0.4 is 16.2 Å². The summed E-state index contributed by atoms with van der Waals surface area (Å²) in [5.41, 5.74) is 4.68. The number of hydrogen-bond donors (Lipinski definition) is 3. The van der Waals surface area contributed by atoms with E-state index in [0.717, 1.165) is 4.57 Å². The maximum absolute atomic E-state index is 11.9. The zero-order chi connectivity index (χ0) is 17.4. The number of anilines is 1. The molecule has 1 saturated heterocycles. The van der Waals surface area contributed by atoms with E-state index in [1.807, 2.05) is 0 Å². The smallest absolute Gasteiger partial charge is 0.380 e. The van der Waals surface area contributed by atoms with Crippen molar-refractivity contribution < 1.29 is 28.8 Å². The summed E-state index contributed by atoms with van der Waals surface area (Å²) in [6.07, 6.45) is -7.96. The molecule has 0 bridgehead atoms. The highest BCUT2D eigenvalue weighted by Crippen LogP contribution is 2.57. The van der Waals surface area contributed by atoms with Gasteiger partial charge in [-0.25, -0.2) is 4.79 Å². The predicted octanol–water partition coefficient (Wildman–Crippen LogP) is 0.0556. The zero-order valence-corrected chi connectivity index (χ0v) is 14.1. The fraction of sp³-hybridized carbons (Fsp3) is 0.600. The molecule has 0 amide bonds. The molecular weight excluding hydrogens is 376 g/mol. The van der Waals surface area contributed by atoms with Crippen LogP contribution in [-0.2, 0) is 13.8 Å². The van der Waals surface area contributed by atoms with Crippen molar-refractivity contribution >= 4 is 34.4 Å². The van der Waals surface area contributed by atoms with Crippen LogP contribution >= 0.6 is 28.6 Å². The molecule has 1 unspecified atom stereocenters. The molecule has 2 rings (SSSR count). The number of aromatic nitrogens is 2. The van der Waals surface area contributed by atoms with E-state index in [1.165, 1.54) is 13.3 Å². The maximum atomic E-state index is 11.9. The highest BCUT2D eigenvalue weighted by atomic mass is 35.9. The molecule has 130 valence electrons. The van der Waals surface area contributed by atoms with Gasteiger partial charge in [0.05, 0.1) is 19.9 Å². The van der Waals surface area contributed by atoms with Crippen molar-refractivity contribution in [2.45, 2.75) is 24.5 Å². The fourth-order valence-electron chi connectivity index (χ4n) is 2.06. The van der Waals surface area contributed by atoms with E-state index in [1.54, 1.807) is 0 Å². The Labute approximate surface area is 139 Å². The topological polar surface area (TPSA) is 146 Å². The Morgan fingerprint density at radius 2 is 2.13 bits per heavy atom. The molecule has 13 heteroatoms. The van der Waals surface area contributed by atoms with E-state index in [2.05, 4.69) is 9.51 Å². The molecule has 23 heavy (non-hydrogen) atoms. The number of aliphatic hydroxyl groups excluding tert-OH is 2. The summed E-state index contributed by atoms with van der Waals surface area (Å²) in [6, 6.07) is 0. The van der Waals surface area contributed by atoms with Gasteiger partial charge < -0.3 is 29.9 Å². The predicted molar refractivity (Wildman–Crippen MR) is 80.6 cm³/mol. The van der Waals surface area contributed by atoms with Crippen LogP contribution in [0.4, 0.5) is 5.82 Å². The van der Waals surface area contributed by atoms with Gasteiger partial charge in [0.25, 0.3) is 0 Å². The number of nitrogen functional groups attached to an aromatic ring is 1. The Kier molecular flexibility index (Phi) is 5.57. The van der Waals surface area contributed by atoms with Crippen molar-refractivity contribution in [1.29, 1.82) is 0 Å². The number of methoxy groups -OCH3 is 1. The van der Waals surface area contributed by atoms with Crippen LogP contribution in [0, 0.1) is 0 Å². The van der Waals surface area contributed by atoms with E-state index < -0.39 is 42.9 Å². The van der Waals surface area contributed by atoms with Gasteiger partial charge in [-0.2, -0.15) is 4.98 Å². The quantitative estimate of drug-likeness (QED) is 0.594. The first kappa shape index (κ1) is 18.5. The van der Waals surface area contributed by atoms with E-state index in [4.69, 9.17) is 37.7 Å². The van der Waals surface area contributed by atoms with Gasteiger partial charge in [0, 0.05) is 0 Å². The van der Waals surface area contributed by atoms with Crippen LogP contribution in [0.15, 0.2) is 11.0 Å². The highest BCUT2D eigenvalue weighted by molar-refractivity contribution is 8.05. The third kappa shape index (κ3) is 4.16. The van der Waals surface area contributed by atoms with Crippen LogP contribution in [-0.4, -0.2) is 51.8 Å². The summed E-state index contributed by atoms with van der Waals surface area (Å²) in [5.74, 6) is -0.0486. The van der Waals surface area contributed by atoms with Gasteiger partial charge in [0.2, 0.25) is 0 Å². The average Bonchev–Trinajstić information content (AvgIpc) is 2.73. The third-order valence-electron chi connectivity index (χ3n) is 3.17. The summed E-state index contributed by atoms with van der Waals surface area (Å²) < 4.78 is 26.9. The van der Waals surface area contributed by atoms with Gasteiger partial charge in [-0.05, 0) is 22.5 Å². The molecule has 10 nitrogen and oxygen atoms in total. The number of rotatable bonds is 5. The summed E-state index contributed by atoms with van der Waals surface area (Å²) in [4.78, 5) is 15.4. The molecule has 1 aliphatic heterocycles. The maximum Gasteiger partial charge on any atom is 0.380 e. The van der Waals surface area contributed by atoms with E-state index in [9.17, 15) is 19.6 Å². The second-order valence-corrected chi connectivity index (χ2v) is 8.92. The molecule has 1 aliphatic rings. The normalized spacial score (nSPS) is 28.0. The van der Waals surface area contributed by atoms with Crippen molar-refractivity contribution in [3.05, 3.63) is 16.7 Å². The SMILES string of the molecule is COc1cn([C@@H]2O[C@H](COP(=O)(Cl)Cl)C(O)[C@@H]2O)c(=O)nc1N. The van der Waals surface area contributed by atoms with Gasteiger partial charge in [-0.15, -0.1) is 0 Å². The number of ether oxygens (including phenoxy) is 2. The molecule has 0 spiro atoms. The van der Waals surface area contributed by atoms with Gasteiger partial charge in [0.1, 0.15) is 18.3 Å². The molecule has 1 aromatic heterocycles. The monoisotopic (exact) mass is 389 g/mol. The zero-order valence-electron chi connectivity index (χ0n) is 11.7. The van der Waals surface area contributed by atoms with Crippen molar-refractivity contribution in [2.24, 2.45) is 0 Å². The Morgan fingerprint density at radius 1 is 1.48 bits per heavy atom. The molecule has 1 fully saturated rings. The Morgan fingerprint density at radius 3 is 2.70 bits per heavy atom. The molecule has 4 N–H and O–H groups in total. The summed E-state index contributed by atoms with van der Waals surface area (Å²) >= 11 is 10.5. The van der Waals surface area contributed by atoms with Gasteiger partial charge in [-0.1, -0.05) is 0 Å². The van der Waals surface area contributed by atoms with Crippen molar-refractivity contribution in [3.63, 3.8) is 0 Å². The number of halogens is 2. The van der Waals surface area contributed by atoms with E-state index >= 15 is 0 Å². The molecule has 0 aliphatic carbocycles. The van der Waals surface area contributed by atoms with Crippen LogP contribution in [0.5, 0.6) is 5.75 Å². The first-order valence-corrected chi connectivity index (χ1v) is 9.65. The standard InChI is InChI=1S/C10H14Cl2N3O7P/c1-20-4-2-15(10(18)14-8(4)13)9-7(17)6(16)5(22-9)3-21-23(11,12)19/h2,5-7,9,16-17H,3H2,1H3,(H2,13,14,18)/t5-,6?,7+,9-/m1/s1. The molecule has 2 heterocycles. The number of hydrogen-bond acceptors (Lipinski definition) is 9. The Balaban J connectivity index is 2.24. The van der Waals surface area contributed by atoms with Gasteiger partial charge >= 0.3 is 11.8 Å². The van der Waals surface area contributed by atoms with Gasteiger partial charge in [0.15, 0.2) is 17.8 Å². The minimum absolute atomic E-state index is 0.0839. The van der Waals surface area contributed by atoms with Crippen LogP contribution in [0.25, 0.3) is 0 Å². The van der Waals surface area contributed by atoms with Crippen molar-refractivity contribution in [1.82, 2.24) is 9.55 Å². The summed E-state index contributed by atoms with van der Waals surface area (Å²) in [7, 11) is 1.32. The van der Waals surface area contributed by atoms with Gasteiger partial charge in [-0.3, -0.25) is 9.13 Å². The first-order valence-electron chi connectivity index (χ1n) is 6.22. The lowest BCUT2D eigenvalue weighted by molar-refractivity contribution is -0.0508. The Bertz CT molecular complexity index is 681. The summed E-state index contributed by atoms with van der Waals surface area (Å²) in [5, 5.41) is 20.0. The number of aliphatic hydroxyl groups is 2. The lowest BCUT2D eigenvalue weighted by Gasteiger charge is -2.18. The number of nitrogens with zero attached hydrogens (tertiary/aromatic N) is 2. The molecule has 1 aromatic rings. The third-order valence-corrected chi connectivity index (χ3v) is 4.20. The molecule has 4 atom stereocenters. The van der Waals surface area contributed by atoms with Crippen LogP contribution in [0.1, 0.15) is 6.23 Å². The molecule has 0 saturated carbocycles. The molecular formula is C10H14Cl2N3O7P. The second kappa shape index (κ2) is 6.94. The summed E-state index contributed by atoms with van der Waals surface area (Å²) in [6.45, 7) is -0.451. The Hall–Kier alpha value is -0.870. The second-order valence-electron chi connectivity index (χ2n) is 4.64. The van der Waals surface area contributed by atoms with E-state index in [0.29, 0.717) is 0 Å². The van der Waals surface area contributed by atoms with Crippen molar-refractivity contribution in [3.8, 4) is 5.75 Å². The number of nitrogens with two attached hydrogens (primary N) is 1. The van der Waals surface area contributed by atoms with Crippen molar-refractivity contribution in [2.75, 3.05) is 19.5 Å². The molecule has 0 radical (unpaired) electrons. The minimum atomic E-state index is -3.83.